The average Bonchev–Trinajstić information content (AvgIpc) is 2.32. The highest BCUT2D eigenvalue weighted by Crippen LogP contribution is 2.29. The molecule has 0 aromatic heterocycles. The third kappa shape index (κ3) is 2.89. The van der Waals surface area contributed by atoms with Gasteiger partial charge in [0.1, 0.15) is 0 Å². The number of halogens is 2. The van der Waals surface area contributed by atoms with Crippen LogP contribution < -0.4 is 0 Å². The number of hydrogen-bond donors (Lipinski definition) is 0. The first kappa shape index (κ1) is 15.5. The Morgan fingerprint density at radius 1 is 0.800 bits per heavy atom. The van der Waals surface area contributed by atoms with E-state index in [2.05, 4.69) is 44.0 Å². The molecule has 0 fully saturated rings. The van der Waals surface area contributed by atoms with E-state index in [1.807, 2.05) is 39.8 Å². The fourth-order valence-electron chi connectivity index (χ4n) is 2.49. The zero-order valence-corrected chi connectivity index (χ0v) is 15.1. The molecule has 0 saturated heterocycles. The molecule has 0 heterocycles. The van der Waals surface area contributed by atoms with Crippen molar-refractivity contribution in [3.8, 4) is 0 Å². The molecule has 0 amide bonds. The number of carbonyl (C=O) groups is 1. The summed E-state index contributed by atoms with van der Waals surface area (Å²) in [7, 11) is 0. The molecule has 2 aromatic carbocycles. The highest BCUT2D eigenvalue weighted by Gasteiger charge is 2.18. The van der Waals surface area contributed by atoms with E-state index >= 15 is 0 Å². The van der Waals surface area contributed by atoms with Gasteiger partial charge in [-0.15, -0.1) is 0 Å². The number of hydrogen-bond acceptors (Lipinski definition) is 1. The summed E-state index contributed by atoms with van der Waals surface area (Å²) in [5, 5.41) is 0. The molecule has 0 aliphatic rings. The minimum Gasteiger partial charge on any atom is -0.289 e. The summed E-state index contributed by atoms with van der Waals surface area (Å²) in [6, 6.07) is 7.96. The predicted octanol–water partition coefficient (Wildman–Crippen LogP) is 5.68. The lowest BCUT2D eigenvalue weighted by molar-refractivity contribution is 0.103. The molecular formula is C17H16Br2O. The van der Waals surface area contributed by atoms with Crippen molar-refractivity contribution in [2.24, 2.45) is 0 Å². The number of ketones is 1. The van der Waals surface area contributed by atoms with E-state index in [9.17, 15) is 4.79 Å². The smallest absolute Gasteiger partial charge is 0.194 e. The maximum absolute atomic E-state index is 12.8. The molecule has 104 valence electrons. The summed E-state index contributed by atoms with van der Waals surface area (Å²) in [6.07, 6.45) is 0. The van der Waals surface area contributed by atoms with E-state index in [-0.39, 0.29) is 5.78 Å². The molecule has 20 heavy (non-hydrogen) atoms. The first-order chi connectivity index (χ1) is 9.31. The largest absolute Gasteiger partial charge is 0.289 e. The van der Waals surface area contributed by atoms with E-state index in [1.165, 1.54) is 5.56 Å². The Bertz CT molecular complexity index is 679. The Balaban J connectivity index is 2.61. The van der Waals surface area contributed by atoms with Gasteiger partial charge in [-0.2, -0.15) is 0 Å². The predicted molar refractivity (Wildman–Crippen MR) is 90.7 cm³/mol. The molecule has 0 N–H and O–H groups in total. The highest BCUT2D eigenvalue weighted by molar-refractivity contribution is 9.11. The Morgan fingerprint density at radius 3 is 1.90 bits per heavy atom. The van der Waals surface area contributed by atoms with Crippen LogP contribution in [0.3, 0.4) is 0 Å². The number of aryl methyl sites for hydroxylation is 4. The van der Waals surface area contributed by atoms with Gasteiger partial charge in [-0.25, -0.2) is 0 Å². The van der Waals surface area contributed by atoms with Crippen LogP contribution in [0.2, 0.25) is 0 Å². The van der Waals surface area contributed by atoms with Gasteiger partial charge in [-0.05, 0) is 56.5 Å². The van der Waals surface area contributed by atoms with Crippen LogP contribution in [-0.2, 0) is 0 Å². The van der Waals surface area contributed by atoms with Crippen molar-refractivity contribution in [3.05, 3.63) is 66.6 Å². The van der Waals surface area contributed by atoms with Crippen molar-refractivity contribution in [1.29, 1.82) is 0 Å². The molecule has 2 aromatic rings. The third-order valence-electron chi connectivity index (χ3n) is 3.40. The van der Waals surface area contributed by atoms with Gasteiger partial charge in [-0.3, -0.25) is 4.79 Å². The van der Waals surface area contributed by atoms with E-state index in [0.29, 0.717) is 5.56 Å². The molecule has 0 bridgehead atoms. The van der Waals surface area contributed by atoms with E-state index < -0.39 is 0 Å². The fourth-order valence-corrected chi connectivity index (χ4v) is 3.47. The van der Waals surface area contributed by atoms with Crippen LogP contribution in [-0.4, -0.2) is 5.78 Å². The molecule has 0 radical (unpaired) electrons. The van der Waals surface area contributed by atoms with Gasteiger partial charge >= 0.3 is 0 Å². The topological polar surface area (TPSA) is 17.1 Å². The molecule has 0 saturated carbocycles. The SMILES string of the molecule is Cc1cc(C)c(C(=O)c2cc(Br)c(C)cc2Br)c(C)c1. The second kappa shape index (κ2) is 5.82. The van der Waals surface area contributed by atoms with Crippen LogP contribution in [0.25, 0.3) is 0 Å². The fraction of sp³-hybridized carbons (Fsp3) is 0.235. The van der Waals surface area contributed by atoms with Gasteiger partial charge in [-0.1, -0.05) is 49.6 Å². The summed E-state index contributed by atoms with van der Waals surface area (Å²) >= 11 is 7.00. The molecular weight excluding hydrogens is 380 g/mol. The number of benzene rings is 2. The van der Waals surface area contributed by atoms with Crippen LogP contribution in [0.15, 0.2) is 33.2 Å². The van der Waals surface area contributed by atoms with Crippen molar-refractivity contribution < 1.29 is 4.79 Å². The van der Waals surface area contributed by atoms with Crippen LogP contribution in [0.4, 0.5) is 0 Å². The van der Waals surface area contributed by atoms with Gasteiger partial charge in [0, 0.05) is 20.1 Å². The van der Waals surface area contributed by atoms with Crippen molar-refractivity contribution in [2.45, 2.75) is 27.7 Å². The first-order valence-corrected chi connectivity index (χ1v) is 7.98. The average molecular weight is 396 g/mol. The molecule has 0 unspecified atom stereocenters. The Kier molecular flexibility index (Phi) is 4.50. The molecule has 0 aliphatic heterocycles. The van der Waals surface area contributed by atoms with Gasteiger partial charge in [0.2, 0.25) is 0 Å². The lowest BCUT2D eigenvalue weighted by Gasteiger charge is -2.12. The van der Waals surface area contributed by atoms with Crippen LogP contribution >= 0.6 is 31.9 Å². The van der Waals surface area contributed by atoms with Crippen molar-refractivity contribution in [2.75, 3.05) is 0 Å². The molecule has 2 rings (SSSR count). The third-order valence-corrected chi connectivity index (χ3v) is 4.91. The minimum atomic E-state index is 0.0626. The maximum Gasteiger partial charge on any atom is 0.194 e. The monoisotopic (exact) mass is 394 g/mol. The lowest BCUT2D eigenvalue weighted by atomic mass is 9.93. The summed E-state index contributed by atoms with van der Waals surface area (Å²) in [4.78, 5) is 12.8. The van der Waals surface area contributed by atoms with Crippen molar-refractivity contribution in [1.82, 2.24) is 0 Å². The first-order valence-electron chi connectivity index (χ1n) is 6.39. The van der Waals surface area contributed by atoms with E-state index in [1.54, 1.807) is 0 Å². The highest BCUT2D eigenvalue weighted by atomic mass is 79.9. The zero-order valence-electron chi connectivity index (χ0n) is 12.0. The van der Waals surface area contributed by atoms with Gasteiger partial charge in [0.15, 0.2) is 5.78 Å². The van der Waals surface area contributed by atoms with E-state index in [4.69, 9.17) is 0 Å². The summed E-state index contributed by atoms with van der Waals surface area (Å²) in [6.45, 7) is 8.03. The molecule has 3 heteroatoms. The Morgan fingerprint density at radius 2 is 1.35 bits per heavy atom. The Hall–Kier alpha value is -0.930. The van der Waals surface area contributed by atoms with Crippen LogP contribution in [0.5, 0.6) is 0 Å². The Labute approximate surface area is 136 Å². The van der Waals surface area contributed by atoms with Gasteiger partial charge in [0.25, 0.3) is 0 Å². The molecule has 0 aliphatic carbocycles. The second-order valence-electron chi connectivity index (χ2n) is 5.18. The number of carbonyl (C=O) groups excluding carboxylic acids is 1. The summed E-state index contributed by atoms with van der Waals surface area (Å²) in [5.74, 6) is 0.0626. The molecule has 0 atom stereocenters. The van der Waals surface area contributed by atoms with Gasteiger partial charge < -0.3 is 0 Å². The standard InChI is InChI=1S/C17H16Br2O/c1-9-5-11(3)16(12(4)6-9)17(20)13-8-14(18)10(2)7-15(13)19/h5-8H,1-4H3. The maximum atomic E-state index is 12.8. The van der Waals surface area contributed by atoms with Gasteiger partial charge in [0.05, 0.1) is 0 Å². The normalized spacial score (nSPS) is 10.7. The lowest BCUT2D eigenvalue weighted by Crippen LogP contribution is -2.08. The molecule has 1 nitrogen and oxygen atoms in total. The quantitative estimate of drug-likeness (QED) is 0.598. The molecule has 0 spiro atoms. The zero-order chi connectivity index (χ0) is 15.0. The summed E-state index contributed by atoms with van der Waals surface area (Å²) in [5.41, 5.74) is 5.82. The summed E-state index contributed by atoms with van der Waals surface area (Å²) < 4.78 is 1.79. The van der Waals surface area contributed by atoms with Crippen LogP contribution in [0, 0.1) is 27.7 Å². The number of rotatable bonds is 2. The minimum absolute atomic E-state index is 0.0626. The van der Waals surface area contributed by atoms with E-state index in [0.717, 1.165) is 31.2 Å². The van der Waals surface area contributed by atoms with Crippen LogP contribution in [0.1, 0.15) is 38.2 Å². The van der Waals surface area contributed by atoms with Crippen molar-refractivity contribution >= 4 is 37.6 Å². The van der Waals surface area contributed by atoms with Crippen molar-refractivity contribution in [3.63, 3.8) is 0 Å². The second-order valence-corrected chi connectivity index (χ2v) is 6.89.